The van der Waals surface area contributed by atoms with E-state index in [9.17, 15) is 14.7 Å². The van der Waals surface area contributed by atoms with Crippen molar-refractivity contribution in [1.29, 1.82) is 0 Å². The van der Waals surface area contributed by atoms with Crippen LogP contribution in [0.2, 0.25) is 0 Å². The maximum Gasteiger partial charge on any atom is 0.302 e. The third-order valence-electron chi connectivity index (χ3n) is 9.54. The van der Waals surface area contributed by atoms with Crippen LogP contribution >= 0.6 is 0 Å². The number of benzene rings is 1. The van der Waals surface area contributed by atoms with Crippen molar-refractivity contribution in [3.8, 4) is 0 Å². The number of carbonyl (C=O) groups excluding carboxylic acids is 2. The van der Waals surface area contributed by atoms with Gasteiger partial charge in [-0.05, 0) is 91.4 Å². The normalized spacial score (nSPS) is 33.6. The minimum absolute atomic E-state index is 0.189. The molecular formula is C31H39NO4. The Morgan fingerprint density at radius 1 is 1.17 bits per heavy atom. The molecule has 5 rings (SSSR count). The highest BCUT2D eigenvalue weighted by Gasteiger charge is 2.61. The van der Waals surface area contributed by atoms with Crippen molar-refractivity contribution in [3.05, 3.63) is 64.8 Å². The molecule has 1 aromatic rings. The molecule has 0 aliphatic heterocycles. The molecule has 2 fully saturated rings. The van der Waals surface area contributed by atoms with Gasteiger partial charge in [-0.3, -0.25) is 9.59 Å². The topological polar surface area (TPSA) is 66.8 Å². The maximum atomic E-state index is 12.2. The molecule has 1 aromatic carbocycles. The summed E-state index contributed by atoms with van der Waals surface area (Å²) >= 11 is 0. The van der Waals surface area contributed by atoms with E-state index in [0.717, 1.165) is 38.5 Å². The molecule has 0 heterocycles. The Bertz CT molecular complexity index is 1140. The number of allylic oxidation sites excluding steroid dienone is 4. The van der Waals surface area contributed by atoms with Gasteiger partial charge in [-0.1, -0.05) is 30.7 Å². The fraction of sp³-hybridized carbons (Fsp3) is 0.548. The average molecular weight is 490 g/mol. The second kappa shape index (κ2) is 9.33. The zero-order chi connectivity index (χ0) is 25.7. The van der Waals surface area contributed by atoms with Crippen LogP contribution in [0.3, 0.4) is 0 Å². The zero-order valence-electron chi connectivity index (χ0n) is 22.0. The minimum Gasteiger partial charge on any atom is -0.462 e. The summed E-state index contributed by atoms with van der Waals surface area (Å²) in [5.74, 6) is 0.965. The summed E-state index contributed by atoms with van der Waals surface area (Å²) in [6.07, 6.45) is 11.6. The van der Waals surface area contributed by atoms with E-state index >= 15 is 0 Å². The molecule has 0 saturated heterocycles. The minimum atomic E-state index is -0.936. The van der Waals surface area contributed by atoms with Gasteiger partial charge in [-0.15, -0.1) is 0 Å². The summed E-state index contributed by atoms with van der Waals surface area (Å²) in [5, 5.41) is 12.0. The first kappa shape index (κ1) is 25.0. The van der Waals surface area contributed by atoms with Crippen molar-refractivity contribution < 1.29 is 19.4 Å². The van der Waals surface area contributed by atoms with Gasteiger partial charge in [0.2, 0.25) is 0 Å². The summed E-state index contributed by atoms with van der Waals surface area (Å²) in [4.78, 5) is 25.6. The number of anilines is 1. The molecule has 192 valence electrons. The van der Waals surface area contributed by atoms with E-state index in [1.54, 1.807) is 0 Å². The average Bonchev–Trinajstić information content (AvgIpc) is 3.11. The number of ketones is 1. The number of rotatable bonds is 5. The molecule has 0 radical (unpaired) electrons. The van der Waals surface area contributed by atoms with Crippen LogP contribution in [0.15, 0.2) is 59.2 Å². The van der Waals surface area contributed by atoms with Gasteiger partial charge in [0.05, 0.1) is 5.60 Å². The van der Waals surface area contributed by atoms with Crippen molar-refractivity contribution in [3.63, 3.8) is 0 Å². The van der Waals surface area contributed by atoms with Crippen molar-refractivity contribution >= 4 is 17.4 Å². The fourth-order valence-corrected chi connectivity index (χ4v) is 7.68. The van der Waals surface area contributed by atoms with Crippen molar-refractivity contribution in [2.75, 3.05) is 25.6 Å². The Balaban J connectivity index is 1.58. The first-order valence-corrected chi connectivity index (χ1v) is 13.4. The van der Waals surface area contributed by atoms with Crippen molar-refractivity contribution in [1.82, 2.24) is 0 Å². The molecule has 5 nitrogen and oxygen atoms in total. The third-order valence-corrected chi connectivity index (χ3v) is 9.54. The molecule has 0 unspecified atom stereocenters. The lowest BCUT2D eigenvalue weighted by Gasteiger charge is -2.54. The number of hydrogen-bond donors (Lipinski definition) is 1. The van der Waals surface area contributed by atoms with Gasteiger partial charge in [0, 0.05) is 44.5 Å². The van der Waals surface area contributed by atoms with Crippen LogP contribution in [-0.4, -0.2) is 43.2 Å². The molecule has 2 saturated carbocycles. The second-order valence-corrected chi connectivity index (χ2v) is 11.6. The molecule has 0 spiro atoms. The maximum absolute atomic E-state index is 12.2. The highest BCUT2D eigenvalue weighted by molar-refractivity contribution is 5.93. The number of nitrogens with zero attached hydrogens (tertiary/aromatic N) is 1. The van der Waals surface area contributed by atoms with E-state index in [0.29, 0.717) is 18.3 Å². The first-order chi connectivity index (χ1) is 17.1. The van der Waals surface area contributed by atoms with E-state index in [1.807, 2.05) is 18.2 Å². The number of esters is 1. The third kappa shape index (κ3) is 4.15. The predicted octanol–water partition coefficient (Wildman–Crippen LogP) is 5.50. The standard InChI is InChI=1S/C31H39NO4/c1-20(33)36-17-5-15-31(35)16-14-28-26-12-8-22-18-24(34)11-13-25(22)29(26)27(19-30(28,31)2)21-6-9-23(10-7-21)32(3)4/h5-7,9-10,15,18,26-28,35H,8,11-14,16-17,19H2,1-4H3/b15-5-/t26-,27+,28-,30+,31+/m0/s1. The highest BCUT2D eigenvalue weighted by atomic mass is 16.5. The summed E-state index contributed by atoms with van der Waals surface area (Å²) < 4.78 is 5.11. The zero-order valence-corrected chi connectivity index (χ0v) is 22.0. The highest BCUT2D eigenvalue weighted by Crippen LogP contribution is 2.67. The Morgan fingerprint density at radius 3 is 2.61 bits per heavy atom. The predicted molar refractivity (Wildman–Crippen MR) is 142 cm³/mol. The molecule has 5 heteroatoms. The lowest BCUT2D eigenvalue weighted by Crippen LogP contribution is -2.50. The van der Waals surface area contributed by atoms with Gasteiger partial charge in [0.15, 0.2) is 5.78 Å². The number of ether oxygens (including phenoxy) is 1. The number of hydrogen-bond acceptors (Lipinski definition) is 5. The quantitative estimate of drug-likeness (QED) is 0.437. The van der Waals surface area contributed by atoms with Gasteiger partial charge < -0.3 is 14.7 Å². The van der Waals surface area contributed by atoms with Crippen LogP contribution in [0, 0.1) is 17.3 Å². The molecule has 4 aliphatic rings. The van der Waals surface area contributed by atoms with Crippen LogP contribution in [0.5, 0.6) is 0 Å². The van der Waals surface area contributed by atoms with Gasteiger partial charge in [-0.25, -0.2) is 0 Å². The second-order valence-electron chi connectivity index (χ2n) is 11.6. The van der Waals surface area contributed by atoms with E-state index in [1.165, 1.54) is 34.9 Å². The fourth-order valence-electron chi connectivity index (χ4n) is 7.68. The van der Waals surface area contributed by atoms with Gasteiger partial charge in [-0.2, -0.15) is 0 Å². The van der Waals surface area contributed by atoms with Crippen LogP contribution in [0.1, 0.15) is 70.3 Å². The Hall–Kier alpha value is -2.66. The number of carbonyl (C=O) groups is 2. The summed E-state index contributed by atoms with van der Waals surface area (Å²) in [7, 11) is 4.11. The SMILES string of the molecule is CC(=O)OC/C=C\[C@@]1(O)CC[C@H]2[C@@H]3CCC4=CC(=O)CCC4=C3[C@@H](c3ccc(N(C)C)cc3)C[C@]21C. The number of aliphatic hydroxyl groups is 1. The molecule has 0 amide bonds. The Morgan fingerprint density at radius 2 is 1.92 bits per heavy atom. The molecule has 5 atom stereocenters. The molecule has 0 aromatic heterocycles. The molecule has 0 bridgehead atoms. The first-order valence-electron chi connectivity index (χ1n) is 13.4. The van der Waals surface area contributed by atoms with E-state index in [4.69, 9.17) is 4.74 Å². The Kier molecular flexibility index (Phi) is 6.48. The summed E-state index contributed by atoms with van der Waals surface area (Å²) in [5.41, 5.74) is 5.46. The van der Waals surface area contributed by atoms with Crippen LogP contribution in [0.4, 0.5) is 5.69 Å². The molecular weight excluding hydrogens is 450 g/mol. The van der Waals surface area contributed by atoms with Crippen LogP contribution in [0.25, 0.3) is 0 Å². The lowest BCUT2D eigenvalue weighted by molar-refractivity contribution is -0.139. The number of fused-ring (bicyclic) bond motifs is 4. The monoisotopic (exact) mass is 489 g/mol. The lowest BCUT2D eigenvalue weighted by atomic mass is 9.51. The van der Waals surface area contributed by atoms with Gasteiger partial charge in [0.1, 0.15) is 6.61 Å². The van der Waals surface area contributed by atoms with Crippen molar-refractivity contribution in [2.45, 2.75) is 70.3 Å². The Labute approximate surface area is 214 Å². The van der Waals surface area contributed by atoms with Crippen LogP contribution < -0.4 is 4.90 Å². The smallest absolute Gasteiger partial charge is 0.302 e. The van der Waals surface area contributed by atoms with Gasteiger partial charge >= 0.3 is 5.97 Å². The van der Waals surface area contributed by atoms with Crippen LogP contribution in [-0.2, 0) is 14.3 Å². The van der Waals surface area contributed by atoms with Gasteiger partial charge in [0.25, 0.3) is 0 Å². The van der Waals surface area contributed by atoms with E-state index < -0.39 is 5.60 Å². The van der Waals surface area contributed by atoms with E-state index in [2.05, 4.69) is 50.2 Å². The summed E-state index contributed by atoms with van der Waals surface area (Å²) in [6.45, 7) is 3.87. The molecule has 36 heavy (non-hydrogen) atoms. The van der Waals surface area contributed by atoms with E-state index in [-0.39, 0.29) is 29.7 Å². The molecule has 4 aliphatic carbocycles. The van der Waals surface area contributed by atoms with Crippen molar-refractivity contribution in [2.24, 2.45) is 17.3 Å². The largest absolute Gasteiger partial charge is 0.462 e. The summed E-state index contributed by atoms with van der Waals surface area (Å²) in [6, 6.07) is 8.89. The molecule has 1 N–H and O–H groups in total.